The highest BCUT2D eigenvalue weighted by atomic mass is 16.5. The second-order valence-corrected chi connectivity index (χ2v) is 7.09. The minimum absolute atomic E-state index is 0.133. The van der Waals surface area contributed by atoms with Gasteiger partial charge in [-0.05, 0) is 55.0 Å². The van der Waals surface area contributed by atoms with E-state index in [-0.39, 0.29) is 5.91 Å². The zero-order chi connectivity index (χ0) is 20.1. The van der Waals surface area contributed by atoms with Crippen molar-refractivity contribution in [2.75, 3.05) is 41.8 Å². The molecule has 148 valence electrons. The van der Waals surface area contributed by atoms with E-state index in [0.29, 0.717) is 5.56 Å². The van der Waals surface area contributed by atoms with Gasteiger partial charge in [-0.3, -0.25) is 4.79 Å². The third-order valence-electron chi connectivity index (χ3n) is 5.06. The third kappa shape index (κ3) is 4.58. The lowest BCUT2D eigenvalue weighted by Crippen LogP contribution is -2.36. The molecule has 5 nitrogen and oxygen atoms in total. The van der Waals surface area contributed by atoms with Gasteiger partial charge in [0.15, 0.2) is 0 Å². The Morgan fingerprint density at radius 2 is 1.62 bits per heavy atom. The molecular weight excluding hydrogens is 362 g/mol. The fourth-order valence-corrected chi connectivity index (χ4v) is 3.46. The molecule has 0 saturated carbocycles. The second kappa shape index (κ2) is 8.80. The molecule has 4 rings (SSSR count). The van der Waals surface area contributed by atoms with Crippen molar-refractivity contribution in [1.82, 2.24) is 0 Å². The Balaban J connectivity index is 1.51. The number of nitrogens with zero attached hydrogens (tertiary/aromatic N) is 1. The van der Waals surface area contributed by atoms with E-state index < -0.39 is 0 Å². The van der Waals surface area contributed by atoms with E-state index in [9.17, 15) is 4.79 Å². The minimum atomic E-state index is -0.133. The Morgan fingerprint density at radius 3 is 2.38 bits per heavy atom. The summed E-state index contributed by atoms with van der Waals surface area (Å²) < 4.78 is 5.43. The predicted octanol–water partition coefficient (Wildman–Crippen LogP) is 4.83. The normalized spacial score (nSPS) is 13.8. The number of benzene rings is 3. The first kappa shape index (κ1) is 19.0. The molecule has 3 aromatic carbocycles. The van der Waals surface area contributed by atoms with Crippen molar-refractivity contribution in [3.8, 4) is 0 Å². The first-order valence-corrected chi connectivity index (χ1v) is 9.86. The lowest BCUT2D eigenvalue weighted by atomic mass is 10.1. The molecule has 0 aromatic heterocycles. The number of morpholine rings is 1. The number of amides is 1. The van der Waals surface area contributed by atoms with Crippen molar-refractivity contribution in [3.05, 3.63) is 83.9 Å². The summed E-state index contributed by atoms with van der Waals surface area (Å²) in [7, 11) is 0. The summed E-state index contributed by atoms with van der Waals surface area (Å²) in [5, 5.41) is 6.39. The van der Waals surface area contributed by atoms with Crippen LogP contribution in [0.1, 0.15) is 15.9 Å². The molecule has 0 spiro atoms. The molecule has 1 aliphatic heterocycles. The molecule has 0 aliphatic carbocycles. The van der Waals surface area contributed by atoms with Gasteiger partial charge in [0.1, 0.15) is 0 Å². The zero-order valence-corrected chi connectivity index (χ0v) is 16.5. The second-order valence-electron chi connectivity index (χ2n) is 7.09. The van der Waals surface area contributed by atoms with Gasteiger partial charge in [-0.1, -0.05) is 30.3 Å². The van der Waals surface area contributed by atoms with Gasteiger partial charge in [0, 0.05) is 30.2 Å². The smallest absolute Gasteiger partial charge is 0.257 e. The Labute approximate surface area is 171 Å². The summed E-state index contributed by atoms with van der Waals surface area (Å²) in [5.74, 6) is -0.133. The highest BCUT2D eigenvalue weighted by molar-refractivity contribution is 6.08. The first-order chi connectivity index (χ1) is 14.2. The van der Waals surface area contributed by atoms with Gasteiger partial charge in [0.2, 0.25) is 0 Å². The fraction of sp³-hybridized carbons (Fsp3) is 0.208. The highest BCUT2D eigenvalue weighted by Crippen LogP contribution is 2.26. The SMILES string of the molecule is Cc1cc(N2CCOCC2)ccc1NC(=O)c1ccccc1Nc1ccccc1. The molecule has 0 radical (unpaired) electrons. The van der Waals surface area contributed by atoms with E-state index in [1.807, 2.05) is 67.6 Å². The van der Waals surface area contributed by atoms with Crippen LogP contribution in [0.2, 0.25) is 0 Å². The van der Waals surface area contributed by atoms with Gasteiger partial charge in [0.05, 0.1) is 24.5 Å². The van der Waals surface area contributed by atoms with E-state index >= 15 is 0 Å². The van der Waals surface area contributed by atoms with Crippen LogP contribution in [0, 0.1) is 6.92 Å². The van der Waals surface area contributed by atoms with E-state index in [1.54, 1.807) is 0 Å². The predicted molar refractivity (Wildman–Crippen MR) is 118 cm³/mol. The zero-order valence-electron chi connectivity index (χ0n) is 16.5. The summed E-state index contributed by atoms with van der Waals surface area (Å²) in [5.41, 5.74) is 5.35. The fourth-order valence-electron chi connectivity index (χ4n) is 3.46. The number of hydrogen-bond donors (Lipinski definition) is 2. The quantitative estimate of drug-likeness (QED) is 0.659. The van der Waals surface area contributed by atoms with Crippen LogP contribution in [0.25, 0.3) is 0 Å². The average molecular weight is 387 g/mol. The van der Waals surface area contributed by atoms with Gasteiger partial charge < -0.3 is 20.3 Å². The molecule has 0 atom stereocenters. The number of hydrogen-bond acceptors (Lipinski definition) is 4. The van der Waals surface area contributed by atoms with E-state index in [1.165, 1.54) is 0 Å². The maximum atomic E-state index is 13.0. The van der Waals surface area contributed by atoms with E-state index in [2.05, 4.69) is 27.7 Å². The van der Waals surface area contributed by atoms with Crippen LogP contribution in [0.5, 0.6) is 0 Å². The van der Waals surface area contributed by atoms with Crippen LogP contribution in [0.4, 0.5) is 22.7 Å². The Morgan fingerprint density at radius 1 is 0.897 bits per heavy atom. The average Bonchev–Trinajstić information content (AvgIpc) is 2.77. The Kier molecular flexibility index (Phi) is 5.77. The summed E-state index contributed by atoms with van der Waals surface area (Å²) in [6.45, 7) is 5.31. The summed E-state index contributed by atoms with van der Waals surface area (Å²) in [6, 6.07) is 23.5. The van der Waals surface area contributed by atoms with Crippen LogP contribution < -0.4 is 15.5 Å². The molecule has 1 fully saturated rings. The van der Waals surface area contributed by atoms with Crippen molar-refractivity contribution >= 4 is 28.7 Å². The summed E-state index contributed by atoms with van der Waals surface area (Å²) in [6.07, 6.45) is 0. The topological polar surface area (TPSA) is 53.6 Å². The lowest BCUT2D eigenvalue weighted by molar-refractivity contribution is 0.102. The molecule has 3 aromatic rings. The standard InChI is InChI=1S/C24H25N3O2/c1-18-17-20(27-13-15-29-16-14-27)11-12-22(18)26-24(28)21-9-5-6-10-23(21)25-19-7-3-2-4-8-19/h2-12,17,25H,13-16H2,1H3,(H,26,28). The van der Waals surface area contributed by atoms with Gasteiger partial charge >= 0.3 is 0 Å². The van der Waals surface area contributed by atoms with Gasteiger partial charge in [-0.2, -0.15) is 0 Å². The molecule has 1 amide bonds. The number of carbonyl (C=O) groups is 1. The molecule has 2 N–H and O–H groups in total. The summed E-state index contributed by atoms with van der Waals surface area (Å²) >= 11 is 0. The first-order valence-electron chi connectivity index (χ1n) is 9.86. The largest absolute Gasteiger partial charge is 0.378 e. The van der Waals surface area contributed by atoms with Crippen LogP contribution in [0.3, 0.4) is 0 Å². The Hall–Kier alpha value is -3.31. The number of para-hydroxylation sites is 2. The molecule has 1 saturated heterocycles. The molecular formula is C24H25N3O2. The highest BCUT2D eigenvalue weighted by Gasteiger charge is 2.15. The number of aryl methyl sites for hydroxylation is 1. The maximum absolute atomic E-state index is 13.0. The minimum Gasteiger partial charge on any atom is -0.378 e. The molecule has 0 unspecified atom stereocenters. The molecule has 1 aliphatic rings. The van der Waals surface area contributed by atoms with Crippen molar-refractivity contribution in [3.63, 3.8) is 0 Å². The Bertz CT molecular complexity index is 982. The molecule has 5 heteroatoms. The monoisotopic (exact) mass is 387 g/mol. The van der Waals surface area contributed by atoms with Crippen LogP contribution >= 0.6 is 0 Å². The van der Waals surface area contributed by atoms with Crippen LogP contribution in [-0.4, -0.2) is 32.2 Å². The molecule has 1 heterocycles. The van der Waals surface area contributed by atoms with Crippen LogP contribution in [0.15, 0.2) is 72.8 Å². The maximum Gasteiger partial charge on any atom is 0.257 e. The number of anilines is 4. The van der Waals surface area contributed by atoms with Crippen LogP contribution in [-0.2, 0) is 4.74 Å². The number of rotatable bonds is 5. The van der Waals surface area contributed by atoms with Crippen molar-refractivity contribution in [2.24, 2.45) is 0 Å². The van der Waals surface area contributed by atoms with Crippen molar-refractivity contribution < 1.29 is 9.53 Å². The third-order valence-corrected chi connectivity index (χ3v) is 5.06. The molecule has 29 heavy (non-hydrogen) atoms. The lowest BCUT2D eigenvalue weighted by Gasteiger charge is -2.29. The number of nitrogens with one attached hydrogen (secondary N) is 2. The van der Waals surface area contributed by atoms with Gasteiger partial charge in [-0.25, -0.2) is 0 Å². The van der Waals surface area contributed by atoms with E-state index in [4.69, 9.17) is 4.74 Å². The molecule has 0 bridgehead atoms. The van der Waals surface area contributed by atoms with Crippen molar-refractivity contribution in [2.45, 2.75) is 6.92 Å². The number of carbonyl (C=O) groups excluding carboxylic acids is 1. The van der Waals surface area contributed by atoms with Gasteiger partial charge in [-0.15, -0.1) is 0 Å². The van der Waals surface area contributed by atoms with Gasteiger partial charge in [0.25, 0.3) is 5.91 Å². The van der Waals surface area contributed by atoms with E-state index in [0.717, 1.165) is 54.6 Å². The number of ether oxygens (including phenoxy) is 1. The van der Waals surface area contributed by atoms with Crippen molar-refractivity contribution in [1.29, 1.82) is 0 Å². The summed E-state index contributed by atoms with van der Waals surface area (Å²) in [4.78, 5) is 15.3.